The number of hydrogen-bond donors (Lipinski definition) is 0. The van der Waals surface area contributed by atoms with E-state index in [1.165, 1.54) is 0 Å². The van der Waals surface area contributed by atoms with E-state index in [1.54, 1.807) is 11.8 Å². The molecule has 0 saturated carbocycles. The first kappa shape index (κ1) is 22.6. The second-order valence-electron chi connectivity index (χ2n) is 9.07. The number of thioether (sulfide) groups is 1. The van der Waals surface area contributed by atoms with Gasteiger partial charge in [0.2, 0.25) is 0 Å². The fourth-order valence-electron chi connectivity index (χ4n) is 4.94. The summed E-state index contributed by atoms with van der Waals surface area (Å²) in [5, 5.41) is 0.835. The summed E-state index contributed by atoms with van der Waals surface area (Å²) in [5.74, 6) is 2.16. The number of piperidine rings is 1. The molecule has 5 rings (SSSR count). The SMILES string of the molecule is Cc1cnc(SCCN2CCOCC2)nc1[C@H]1CCCN(C(=O)[C@@H]2Cc3ccccc3O2)C1. The van der Waals surface area contributed by atoms with Crippen molar-refractivity contribution in [2.75, 3.05) is 51.7 Å². The maximum absolute atomic E-state index is 13.2. The number of rotatable bonds is 6. The number of aryl methyl sites for hydroxylation is 1. The lowest BCUT2D eigenvalue weighted by Gasteiger charge is -2.34. The molecule has 0 radical (unpaired) electrons. The van der Waals surface area contributed by atoms with Crippen LogP contribution in [0.2, 0.25) is 0 Å². The molecule has 7 nitrogen and oxygen atoms in total. The number of carbonyl (C=O) groups is 1. The molecular weight excluding hydrogens is 436 g/mol. The van der Waals surface area contributed by atoms with Crippen LogP contribution in [0.3, 0.4) is 0 Å². The van der Waals surface area contributed by atoms with Crippen molar-refractivity contribution in [2.45, 2.75) is 43.4 Å². The van der Waals surface area contributed by atoms with E-state index in [9.17, 15) is 4.79 Å². The van der Waals surface area contributed by atoms with E-state index in [2.05, 4.69) is 16.8 Å². The van der Waals surface area contributed by atoms with Crippen molar-refractivity contribution in [1.82, 2.24) is 19.8 Å². The molecule has 2 aromatic rings. The summed E-state index contributed by atoms with van der Waals surface area (Å²) in [4.78, 5) is 27.2. The first-order chi connectivity index (χ1) is 16.2. The van der Waals surface area contributed by atoms with Crippen LogP contribution in [0.1, 0.15) is 35.6 Å². The van der Waals surface area contributed by atoms with Gasteiger partial charge in [-0.05, 0) is 37.0 Å². The van der Waals surface area contributed by atoms with E-state index in [0.29, 0.717) is 13.0 Å². The van der Waals surface area contributed by atoms with Crippen LogP contribution in [0.25, 0.3) is 0 Å². The Kier molecular flexibility index (Phi) is 7.13. The highest BCUT2D eigenvalue weighted by Gasteiger charge is 2.35. The third-order valence-electron chi connectivity index (χ3n) is 6.77. The highest BCUT2D eigenvalue weighted by molar-refractivity contribution is 7.99. The van der Waals surface area contributed by atoms with E-state index in [-0.39, 0.29) is 11.8 Å². The largest absolute Gasteiger partial charge is 0.480 e. The van der Waals surface area contributed by atoms with Crippen LogP contribution >= 0.6 is 11.8 Å². The van der Waals surface area contributed by atoms with Gasteiger partial charge >= 0.3 is 0 Å². The number of para-hydroxylation sites is 1. The van der Waals surface area contributed by atoms with E-state index in [4.69, 9.17) is 14.5 Å². The molecule has 0 spiro atoms. The zero-order chi connectivity index (χ0) is 22.6. The van der Waals surface area contributed by atoms with E-state index < -0.39 is 6.10 Å². The topological polar surface area (TPSA) is 67.8 Å². The summed E-state index contributed by atoms with van der Waals surface area (Å²) >= 11 is 1.72. The number of amides is 1. The lowest BCUT2D eigenvalue weighted by Crippen LogP contribution is -2.46. The molecule has 3 aliphatic rings. The minimum Gasteiger partial charge on any atom is -0.480 e. The van der Waals surface area contributed by atoms with Crippen LogP contribution in [0.5, 0.6) is 5.75 Å². The van der Waals surface area contributed by atoms with Crippen molar-refractivity contribution in [3.05, 3.63) is 47.3 Å². The zero-order valence-corrected chi connectivity index (χ0v) is 20.1. The van der Waals surface area contributed by atoms with Gasteiger partial charge in [0, 0.05) is 57.0 Å². The maximum atomic E-state index is 13.2. The van der Waals surface area contributed by atoms with Crippen LogP contribution in [0.4, 0.5) is 0 Å². The van der Waals surface area contributed by atoms with E-state index >= 15 is 0 Å². The van der Waals surface area contributed by atoms with Gasteiger partial charge in [-0.3, -0.25) is 9.69 Å². The highest BCUT2D eigenvalue weighted by atomic mass is 32.2. The van der Waals surface area contributed by atoms with Crippen LogP contribution in [-0.2, 0) is 16.0 Å². The number of likely N-dealkylation sites (tertiary alicyclic amines) is 1. The van der Waals surface area contributed by atoms with Gasteiger partial charge in [0.25, 0.3) is 5.91 Å². The summed E-state index contributed by atoms with van der Waals surface area (Å²) in [5.41, 5.74) is 3.32. The first-order valence-corrected chi connectivity index (χ1v) is 13.0. The number of ether oxygens (including phenoxy) is 2. The van der Waals surface area contributed by atoms with Gasteiger partial charge in [-0.15, -0.1) is 0 Å². The van der Waals surface area contributed by atoms with Crippen molar-refractivity contribution in [2.24, 2.45) is 0 Å². The van der Waals surface area contributed by atoms with Crippen LogP contribution < -0.4 is 4.74 Å². The third-order valence-corrected chi connectivity index (χ3v) is 7.62. The van der Waals surface area contributed by atoms with Crippen molar-refractivity contribution < 1.29 is 14.3 Å². The fourth-order valence-corrected chi connectivity index (χ4v) is 5.76. The van der Waals surface area contributed by atoms with Gasteiger partial charge in [-0.25, -0.2) is 9.97 Å². The Morgan fingerprint density at radius 1 is 1.21 bits per heavy atom. The normalized spacial score (nSPS) is 23.2. The maximum Gasteiger partial charge on any atom is 0.264 e. The molecule has 0 bridgehead atoms. The standard InChI is InChI=1S/C25H32N4O3S/c1-18-16-26-25(33-14-11-28-9-12-31-13-10-28)27-23(18)20-6-4-8-29(17-20)24(30)22-15-19-5-2-3-7-21(19)32-22/h2-3,5,7,16,20,22H,4,6,8-15,17H2,1H3/t20-,22-/m0/s1. The van der Waals surface area contributed by atoms with Gasteiger partial charge in [-0.2, -0.15) is 0 Å². The molecule has 4 heterocycles. The summed E-state index contributed by atoms with van der Waals surface area (Å²) < 4.78 is 11.4. The molecule has 3 aliphatic heterocycles. The Labute approximate surface area is 199 Å². The van der Waals surface area contributed by atoms with Gasteiger partial charge in [0.05, 0.1) is 18.9 Å². The Hall–Kier alpha value is -2.16. The van der Waals surface area contributed by atoms with Crippen LogP contribution in [0, 0.1) is 6.92 Å². The van der Waals surface area contributed by atoms with E-state index in [0.717, 1.165) is 85.7 Å². The Morgan fingerprint density at radius 3 is 2.91 bits per heavy atom. The molecule has 176 valence electrons. The molecule has 8 heteroatoms. The number of benzene rings is 1. The van der Waals surface area contributed by atoms with Crippen molar-refractivity contribution >= 4 is 17.7 Å². The zero-order valence-electron chi connectivity index (χ0n) is 19.2. The number of aromatic nitrogens is 2. The van der Waals surface area contributed by atoms with E-state index in [1.807, 2.05) is 35.4 Å². The molecule has 2 atom stereocenters. The predicted molar refractivity (Wildman–Crippen MR) is 128 cm³/mol. The van der Waals surface area contributed by atoms with Crippen LogP contribution in [0.15, 0.2) is 35.6 Å². The summed E-state index contributed by atoms with van der Waals surface area (Å²) in [6, 6.07) is 7.95. The van der Waals surface area contributed by atoms with Gasteiger partial charge in [0.1, 0.15) is 5.75 Å². The molecule has 0 N–H and O–H groups in total. The number of hydrogen-bond acceptors (Lipinski definition) is 7. The Morgan fingerprint density at radius 2 is 2.06 bits per heavy atom. The first-order valence-electron chi connectivity index (χ1n) is 12.0. The minimum atomic E-state index is -0.404. The second kappa shape index (κ2) is 10.4. The number of fused-ring (bicyclic) bond motifs is 1. The lowest BCUT2D eigenvalue weighted by molar-refractivity contribution is -0.139. The molecule has 33 heavy (non-hydrogen) atoms. The Bertz CT molecular complexity index is 957. The second-order valence-corrected chi connectivity index (χ2v) is 10.1. The summed E-state index contributed by atoms with van der Waals surface area (Å²) in [7, 11) is 0. The van der Waals surface area contributed by atoms with Gasteiger partial charge in [0.15, 0.2) is 11.3 Å². The lowest BCUT2D eigenvalue weighted by atomic mass is 9.92. The number of morpholine rings is 1. The monoisotopic (exact) mass is 468 g/mol. The van der Waals surface area contributed by atoms with Crippen molar-refractivity contribution in [3.8, 4) is 5.75 Å². The van der Waals surface area contributed by atoms with Gasteiger partial charge in [-0.1, -0.05) is 30.0 Å². The summed E-state index contributed by atoms with van der Waals surface area (Å²) in [6.45, 7) is 8.24. The molecule has 2 fully saturated rings. The fraction of sp³-hybridized carbons (Fsp3) is 0.560. The predicted octanol–water partition coefficient (Wildman–Crippen LogP) is 2.92. The minimum absolute atomic E-state index is 0.0997. The van der Waals surface area contributed by atoms with Crippen molar-refractivity contribution in [1.29, 1.82) is 0 Å². The molecule has 1 aromatic carbocycles. The van der Waals surface area contributed by atoms with Gasteiger partial charge < -0.3 is 14.4 Å². The average Bonchev–Trinajstić information content (AvgIpc) is 3.30. The van der Waals surface area contributed by atoms with Crippen LogP contribution in [-0.4, -0.2) is 83.5 Å². The molecular formula is C25H32N4O3S. The molecule has 1 aromatic heterocycles. The highest BCUT2D eigenvalue weighted by Crippen LogP contribution is 2.32. The average molecular weight is 469 g/mol. The molecule has 0 aliphatic carbocycles. The number of carbonyl (C=O) groups excluding carboxylic acids is 1. The molecule has 1 amide bonds. The third kappa shape index (κ3) is 5.34. The summed E-state index contributed by atoms with van der Waals surface area (Å²) in [6.07, 6.45) is 4.23. The number of nitrogens with zero attached hydrogens (tertiary/aromatic N) is 4. The Balaban J connectivity index is 1.20. The quantitative estimate of drug-likeness (QED) is 0.477. The molecule has 0 unspecified atom stereocenters. The molecule has 2 saturated heterocycles. The van der Waals surface area contributed by atoms with Crippen molar-refractivity contribution in [3.63, 3.8) is 0 Å². The smallest absolute Gasteiger partial charge is 0.264 e.